The maximum absolute atomic E-state index is 12.8. The van der Waals surface area contributed by atoms with E-state index in [0.717, 1.165) is 21.3 Å². The second-order valence-electron chi connectivity index (χ2n) is 7.89. The highest BCUT2D eigenvalue weighted by Gasteiger charge is 2.44. The number of thiophene rings is 1. The van der Waals surface area contributed by atoms with Crippen LogP contribution in [0, 0.1) is 5.92 Å². The number of para-hydroxylation sites is 1. The van der Waals surface area contributed by atoms with Crippen LogP contribution in [0.3, 0.4) is 0 Å². The summed E-state index contributed by atoms with van der Waals surface area (Å²) in [6.07, 6.45) is 1.93. The van der Waals surface area contributed by atoms with E-state index >= 15 is 0 Å². The lowest BCUT2D eigenvalue weighted by molar-refractivity contribution is -0.117. The number of aliphatic hydroxyl groups excluding tert-OH is 1. The Morgan fingerprint density at radius 3 is 2.48 bits per heavy atom. The summed E-state index contributed by atoms with van der Waals surface area (Å²) in [6.45, 7) is 4.32. The monoisotopic (exact) mass is 380 g/mol. The van der Waals surface area contributed by atoms with E-state index in [9.17, 15) is 9.90 Å². The number of benzene rings is 1. The summed E-state index contributed by atoms with van der Waals surface area (Å²) in [6, 6.07) is 12.2. The van der Waals surface area contributed by atoms with Gasteiger partial charge in [-0.2, -0.15) is 0 Å². The van der Waals surface area contributed by atoms with Crippen LogP contribution < -0.4 is 9.80 Å². The summed E-state index contributed by atoms with van der Waals surface area (Å²) >= 11 is 1.52. The van der Waals surface area contributed by atoms with Gasteiger partial charge in [0.05, 0.1) is 10.6 Å². The number of likely N-dealkylation sites (N-methyl/N-ethyl adjacent to an activating group) is 1. The van der Waals surface area contributed by atoms with Gasteiger partial charge in [-0.25, -0.2) is 0 Å². The molecule has 1 atom stereocenters. The first-order valence-corrected chi connectivity index (χ1v) is 9.85. The normalized spacial score (nSPS) is 22.3. The van der Waals surface area contributed by atoms with Crippen molar-refractivity contribution in [1.29, 1.82) is 0 Å². The molecule has 2 aromatic rings. The molecule has 1 aromatic heterocycles. The van der Waals surface area contributed by atoms with Gasteiger partial charge in [0.25, 0.3) is 0 Å². The van der Waals surface area contributed by atoms with Crippen LogP contribution in [0.15, 0.2) is 53.9 Å². The molecule has 0 amide bonds. The van der Waals surface area contributed by atoms with E-state index in [2.05, 4.69) is 30.9 Å². The molecule has 0 spiro atoms. The molecule has 2 aliphatic rings. The van der Waals surface area contributed by atoms with Crippen molar-refractivity contribution in [3.05, 3.63) is 64.4 Å². The fourth-order valence-corrected chi connectivity index (χ4v) is 5.04. The number of Topliss-reactive ketones (excluding diaryl/α,β-unsaturated/α-hetero) is 1. The highest BCUT2D eigenvalue weighted by atomic mass is 32.1. The summed E-state index contributed by atoms with van der Waals surface area (Å²) in [5.41, 5.74) is 3.70. The smallest absolute Gasteiger partial charge is 0.182 e. The first-order valence-electron chi connectivity index (χ1n) is 9.04. The molecule has 1 unspecified atom stereocenters. The summed E-state index contributed by atoms with van der Waals surface area (Å²) in [5.74, 6) is -0.386. The van der Waals surface area contributed by atoms with E-state index in [1.54, 1.807) is 0 Å². The molecule has 140 valence electrons. The van der Waals surface area contributed by atoms with Gasteiger partial charge < -0.3 is 14.9 Å². The lowest BCUT2D eigenvalue weighted by Gasteiger charge is -2.30. The molecule has 4 rings (SSSR count). The third-order valence-electron chi connectivity index (χ3n) is 5.62. The molecule has 5 heteroatoms. The average Bonchev–Trinajstić information content (AvgIpc) is 3.17. The van der Waals surface area contributed by atoms with E-state index in [-0.39, 0.29) is 17.0 Å². The number of ketones is 1. The fraction of sp³-hybridized carbons (Fsp3) is 0.318. The number of fused-ring (bicyclic) bond motifs is 1. The first kappa shape index (κ1) is 17.9. The van der Waals surface area contributed by atoms with Crippen LogP contribution in [0.25, 0.3) is 5.57 Å². The Bertz CT molecular complexity index is 997. The Morgan fingerprint density at radius 2 is 1.89 bits per heavy atom. The Kier molecular flexibility index (Phi) is 3.96. The van der Waals surface area contributed by atoms with Crippen molar-refractivity contribution in [2.24, 2.45) is 5.92 Å². The van der Waals surface area contributed by atoms with Gasteiger partial charge in [-0.05, 0) is 29.8 Å². The summed E-state index contributed by atoms with van der Waals surface area (Å²) in [4.78, 5) is 17.8. The summed E-state index contributed by atoms with van der Waals surface area (Å²) in [7, 11) is 5.96. The first-order chi connectivity index (χ1) is 12.7. The van der Waals surface area contributed by atoms with Gasteiger partial charge in [-0.1, -0.05) is 32.0 Å². The molecule has 0 fully saturated rings. The fourth-order valence-electron chi connectivity index (χ4n) is 4.05. The van der Waals surface area contributed by atoms with Crippen LogP contribution in [0.2, 0.25) is 0 Å². The minimum Gasteiger partial charge on any atom is -0.510 e. The van der Waals surface area contributed by atoms with Gasteiger partial charge in [0, 0.05) is 42.8 Å². The molecule has 0 saturated heterocycles. The van der Waals surface area contributed by atoms with E-state index in [1.807, 2.05) is 56.4 Å². The zero-order valence-corrected chi connectivity index (χ0v) is 17.1. The molecule has 2 heterocycles. The molecular formula is C22H24N2O2S. The molecule has 4 nitrogen and oxygen atoms in total. The number of rotatable bonds is 3. The Balaban J connectivity index is 1.70. The van der Waals surface area contributed by atoms with E-state index in [0.29, 0.717) is 5.57 Å². The topological polar surface area (TPSA) is 43.8 Å². The number of hydrogen-bond donors (Lipinski definition) is 1. The number of carbonyl (C=O) groups excluding carboxylic acids is 1. The maximum Gasteiger partial charge on any atom is 0.182 e. The van der Waals surface area contributed by atoms with Crippen LogP contribution in [0.5, 0.6) is 0 Å². The van der Waals surface area contributed by atoms with Crippen LogP contribution in [0.4, 0.5) is 10.7 Å². The van der Waals surface area contributed by atoms with E-state index < -0.39 is 5.92 Å². The molecule has 0 radical (unpaired) electrons. The van der Waals surface area contributed by atoms with Gasteiger partial charge in [0.15, 0.2) is 5.78 Å². The van der Waals surface area contributed by atoms with Crippen molar-refractivity contribution in [3.8, 4) is 0 Å². The van der Waals surface area contributed by atoms with Crippen molar-refractivity contribution in [1.82, 2.24) is 0 Å². The van der Waals surface area contributed by atoms with Crippen LogP contribution in [0.1, 0.15) is 24.3 Å². The summed E-state index contributed by atoms with van der Waals surface area (Å²) < 4.78 is 0. The number of carbonyl (C=O) groups is 1. The lowest BCUT2D eigenvalue weighted by Crippen LogP contribution is -2.32. The summed E-state index contributed by atoms with van der Waals surface area (Å²) in [5, 5.41) is 11.7. The Morgan fingerprint density at radius 1 is 1.19 bits per heavy atom. The van der Waals surface area contributed by atoms with Gasteiger partial charge in [0.2, 0.25) is 0 Å². The van der Waals surface area contributed by atoms with Crippen LogP contribution >= 0.6 is 11.3 Å². The largest absolute Gasteiger partial charge is 0.510 e. The van der Waals surface area contributed by atoms with Crippen molar-refractivity contribution in [2.75, 3.05) is 30.9 Å². The van der Waals surface area contributed by atoms with E-state index in [1.165, 1.54) is 16.9 Å². The number of hydrogen-bond acceptors (Lipinski definition) is 5. The molecule has 0 saturated carbocycles. The predicted molar refractivity (Wildman–Crippen MR) is 113 cm³/mol. The molecule has 0 bridgehead atoms. The SMILES string of the molecule is CN(C)c1ccc(C2=C(O)C(/C=C3\N(C)c4ccccc4C3(C)C)C2=O)s1. The second kappa shape index (κ2) is 5.99. The maximum atomic E-state index is 12.8. The van der Waals surface area contributed by atoms with Crippen molar-refractivity contribution >= 4 is 33.4 Å². The number of nitrogens with zero attached hydrogens (tertiary/aromatic N) is 2. The highest BCUT2D eigenvalue weighted by molar-refractivity contribution is 7.17. The van der Waals surface area contributed by atoms with Gasteiger partial charge in [-0.3, -0.25) is 4.79 Å². The number of allylic oxidation sites excluding steroid dienone is 3. The third kappa shape index (κ3) is 2.52. The van der Waals surface area contributed by atoms with Crippen LogP contribution in [-0.2, 0) is 10.2 Å². The quantitative estimate of drug-likeness (QED) is 0.846. The zero-order valence-electron chi connectivity index (χ0n) is 16.3. The minimum absolute atomic E-state index is 0.00712. The molecule has 1 N–H and O–H groups in total. The molecular weight excluding hydrogens is 356 g/mol. The molecule has 1 aliphatic heterocycles. The van der Waals surface area contributed by atoms with Crippen molar-refractivity contribution in [2.45, 2.75) is 19.3 Å². The van der Waals surface area contributed by atoms with Gasteiger partial charge in [0.1, 0.15) is 11.7 Å². The van der Waals surface area contributed by atoms with Crippen LogP contribution in [-0.4, -0.2) is 32.0 Å². The molecule has 1 aromatic carbocycles. The highest BCUT2D eigenvalue weighted by Crippen LogP contribution is 2.49. The Labute approximate surface area is 164 Å². The van der Waals surface area contributed by atoms with Crippen molar-refractivity contribution in [3.63, 3.8) is 0 Å². The third-order valence-corrected chi connectivity index (χ3v) is 6.89. The molecule has 1 aliphatic carbocycles. The zero-order chi connectivity index (χ0) is 19.5. The lowest BCUT2D eigenvalue weighted by atomic mass is 9.77. The van der Waals surface area contributed by atoms with Gasteiger partial charge in [-0.15, -0.1) is 11.3 Å². The van der Waals surface area contributed by atoms with Gasteiger partial charge >= 0.3 is 0 Å². The second-order valence-corrected chi connectivity index (χ2v) is 8.95. The van der Waals surface area contributed by atoms with E-state index in [4.69, 9.17) is 0 Å². The van der Waals surface area contributed by atoms with Crippen molar-refractivity contribution < 1.29 is 9.90 Å². The standard InChI is InChI=1S/C22H24N2O2S/c1-22(2)14-8-6-7-9-15(14)24(5)17(22)12-13-20(25)19(21(13)26)16-10-11-18(27-16)23(3)4/h6-13,25H,1-5H3/b17-12-. The Hall–Kier alpha value is -2.53. The predicted octanol–water partition coefficient (Wildman–Crippen LogP) is 4.59. The number of aliphatic hydroxyl groups is 1. The average molecular weight is 381 g/mol. The molecule has 27 heavy (non-hydrogen) atoms. The number of anilines is 2. The minimum atomic E-state index is -0.559.